The van der Waals surface area contributed by atoms with E-state index in [4.69, 9.17) is 18.9 Å². The molecule has 0 spiro atoms. The molecule has 0 fully saturated rings. The van der Waals surface area contributed by atoms with Crippen LogP contribution in [-0.2, 0) is 18.9 Å². The van der Waals surface area contributed by atoms with Crippen molar-refractivity contribution >= 4 is 0 Å². The molecule has 0 rings (SSSR count). The fourth-order valence-corrected chi connectivity index (χ4v) is 5.17. The van der Waals surface area contributed by atoms with Gasteiger partial charge in [0.15, 0.2) is 13.1 Å². The van der Waals surface area contributed by atoms with Gasteiger partial charge in [-0.2, -0.15) is 0 Å². The third-order valence-corrected chi connectivity index (χ3v) is 7.79. The zero-order chi connectivity index (χ0) is 29.0. The van der Waals surface area contributed by atoms with Crippen LogP contribution in [-0.4, -0.2) is 33.4 Å². The van der Waals surface area contributed by atoms with Gasteiger partial charge in [-0.1, -0.05) is 149 Å². The number of hydrogen-bond donors (Lipinski definition) is 0. The molecule has 0 unspecified atom stereocenters. The lowest BCUT2D eigenvalue weighted by atomic mass is 10.0. The SMILES string of the molecule is CCCCCCCCOC(CCCCCCCCCCCCCCCC=COCOC)OCCCCCCCC. The summed E-state index contributed by atoms with van der Waals surface area (Å²) >= 11 is 0. The summed E-state index contributed by atoms with van der Waals surface area (Å²) in [5.41, 5.74) is 0. The predicted molar refractivity (Wildman–Crippen MR) is 174 cm³/mol. The van der Waals surface area contributed by atoms with Crippen LogP contribution in [0.4, 0.5) is 0 Å². The summed E-state index contributed by atoms with van der Waals surface area (Å²) in [6.45, 7) is 6.65. The predicted octanol–water partition coefficient (Wildman–Crippen LogP) is 12.1. The van der Waals surface area contributed by atoms with E-state index in [0.717, 1.165) is 26.1 Å². The van der Waals surface area contributed by atoms with Gasteiger partial charge in [0.1, 0.15) is 0 Å². The molecule has 0 saturated carbocycles. The van der Waals surface area contributed by atoms with Crippen LogP contribution in [0, 0.1) is 0 Å². The van der Waals surface area contributed by atoms with E-state index in [1.54, 1.807) is 13.4 Å². The third-order valence-electron chi connectivity index (χ3n) is 7.79. The summed E-state index contributed by atoms with van der Waals surface area (Å²) in [4.78, 5) is 0. The lowest BCUT2D eigenvalue weighted by Gasteiger charge is -2.19. The van der Waals surface area contributed by atoms with Crippen molar-refractivity contribution in [2.45, 2.75) is 193 Å². The van der Waals surface area contributed by atoms with Crippen molar-refractivity contribution in [2.75, 3.05) is 27.1 Å². The van der Waals surface area contributed by atoms with Crippen LogP contribution in [0.5, 0.6) is 0 Å². The van der Waals surface area contributed by atoms with Crippen LogP contribution in [0.15, 0.2) is 12.3 Å². The summed E-state index contributed by atoms with van der Waals surface area (Å²) in [7, 11) is 1.65. The molecule has 0 aromatic rings. The minimum Gasteiger partial charge on any atom is -0.476 e. The monoisotopic (exact) mass is 569 g/mol. The quantitative estimate of drug-likeness (QED) is 0.0433. The molecule has 0 aromatic heterocycles. The first-order chi connectivity index (χ1) is 19.8. The van der Waals surface area contributed by atoms with Gasteiger partial charge in [-0.25, -0.2) is 0 Å². The normalized spacial score (nSPS) is 11.8. The molecule has 4 heteroatoms. The van der Waals surface area contributed by atoms with Crippen molar-refractivity contribution in [1.29, 1.82) is 0 Å². The average Bonchev–Trinajstić information content (AvgIpc) is 2.97. The highest BCUT2D eigenvalue weighted by atomic mass is 16.7. The van der Waals surface area contributed by atoms with E-state index < -0.39 is 0 Å². The van der Waals surface area contributed by atoms with Gasteiger partial charge in [0.05, 0.1) is 6.26 Å². The highest BCUT2D eigenvalue weighted by molar-refractivity contribution is 4.72. The number of unbranched alkanes of at least 4 members (excludes halogenated alkanes) is 23. The molecule has 0 aliphatic heterocycles. The molecule has 0 heterocycles. The average molecular weight is 569 g/mol. The third kappa shape index (κ3) is 33.6. The Labute approximate surface area is 251 Å². The lowest BCUT2D eigenvalue weighted by Crippen LogP contribution is -2.19. The second-order valence-electron chi connectivity index (χ2n) is 11.8. The minimum atomic E-state index is 0.0256. The van der Waals surface area contributed by atoms with Gasteiger partial charge in [0, 0.05) is 20.3 Å². The molecule has 40 heavy (non-hydrogen) atoms. The molecule has 240 valence electrons. The zero-order valence-electron chi connectivity index (χ0n) is 27.6. The van der Waals surface area contributed by atoms with E-state index >= 15 is 0 Å². The summed E-state index contributed by atoms with van der Waals surface area (Å²) in [6, 6.07) is 0. The molecule has 0 aliphatic rings. The molecule has 0 atom stereocenters. The van der Waals surface area contributed by atoms with Gasteiger partial charge in [-0.15, -0.1) is 0 Å². The number of rotatable bonds is 35. The first kappa shape index (κ1) is 39.4. The Morgan fingerprint density at radius 2 is 0.875 bits per heavy atom. The van der Waals surface area contributed by atoms with E-state index in [1.165, 1.54) is 161 Å². The van der Waals surface area contributed by atoms with Crippen LogP contribution in [0.25, 0.3) is 0 Å². The number of allylic oxidation sites excluding steroid dienone is 1. The van der Waals surface area contributed by atoms with Gasteiger partial charge >= 0.3 is 0 Å². The molecular weight excluding hydrogens is 496 g/mol. The smallest absolute Gasteiger partial charge is 0.187 e. The second kappa shape index (κ2) is 36.4. The standard InChI is InChI=1S/C36H72O4/c1-4-6-8-10-25-29-33-39-36(40-34-30-26-11-9-7-5-2)31-27-23-21-19-17-15-13-12-14-16-18-20-22-24-28-32-38-35-37-3/h28,32,36H,4-27,29-31,33-35H2,1-3H3. The topological polar surface area (TPSA) is 36.9 Å². The summed E-state index contributed by atoms with van der Waals surface area (Å²) in [5.74, 6) is 0. The summed E-state index contributed by atoms with van der Waals surface area (Å²) in [5, 5.41) is 0. The molecule has 0 amide bonds. The lowest BCUT2D eigenvalue weighted by molar-refractivity contribution is -0.148. The first-order valence-corrected chi connectivity index (χ1v) is 17.8. The van der Waals surface area contributed by atoms with E-state index in [0.29, 0.717) is 6.79 Å². The first-order valence-electron chi connectivity index (χ1n) is 17.8. The van der Waals surface area contributed by atoms with Crippen LogP contribution < -0.4 is 0 Å². The number of hydrogen-bond acceptors (Lipinski definition) is 4. The molecular formula is C36H72O4. The van der Waals surface area contributed by atoms with Gasteiger partial charge < -0.3 is 18.9 Å². The van der Waals surface area contributed by atoms with Crippen LogP contribution in [0.3, 0.4) is 0 Å². The van der Waals surface area contributed by atoms with Crippen molar-refractivity contribution in [3.8, 4) is 0 Å². The zero-order valence-corrected chi connectivity index (χ0v) is 27.6. The van der Waals surface area contributed by atoms with Gasteiger partial charge in [0.2, 0.25) is 0 Å². The van der Waals surface area contributed by atoms with Gasteiger partial charge in [0.25, 0.3) is 0 Å². The largest absolute Gasteiger partial charge is 0.476 e. The highest BCUT2D eigenvalue weighted by Crippen LogP contribution is 2.16. The maximum Gasteiger partial charge on any atom is 0.187 e. The summed E-state index contributed by atoms with van der Waals surface area (Å²) in [6.07, 6.45) is 39.6. The van der Waals surface area contributed by atoms with Gasteiger partial charge in [-0.3, -0.25) is 0 Å². The number of ether oxygens (including phenoxy) is 4. The molecule has 4 nitrogen and oxygen atoms in total. The molecule has 0 saturated heterocycles. The van der Waals surface area contributed by atoms with E-state index in [9.17, 15) is 0 Å². The Balaban J connectivity index is 3.66. The Morgan fingerprint density at radius 3 is 1.32 bits per heavy atom. The summed E-state index contributed by atoms with van der Waals surface area (Å²) < 4.78 is 22.4. The van der Waals surface area contributed by atoms with E-state index in [-0.39, 0.29) is 6.29 Å². The number of methoxy groups -OCH3 is 1. The Kier molecular flexibility index (Phi) is 35.9. The second-order valence-corrected chi connectivity index (χ2v) is 11.8. The Morgan fingerprint density at radius 1 is 0.475 bits per heavy atom. The van der Waals surface area contributed by atoms with Crippen molar-refractivity contribution in [1.82, 2.24) is 0 Å². The van der Waals surface area contributed by atoms with Crippen LogP contribution in [0.1, 0.15) is 187 Å². The van der Waals surface area contributed by atoms with Crippen LogP contribution >= 0.6 is 0 Å². The van der Waals surface area contributed by atoms with Gasteiger partial charge in [-0.05, 0) is 44.6 Å². The van der Waals surface area contributed by atoms with Crippen molar-refractivity contribution in [3.63, 3.8) is 0 Å². The van der Waals surface area contributed by atoms with Crippen molar-refractivity contribution < 1.29 is 18.9 Å². The van der Waals surface area contributed by atoms with Crippen LogP contribution in [0.2, 0.25) is 0 Å². The maximum absolute atomic E-state index is 6.20. The Hall–Kier alpha value is -0.580. The van der Waals surface area contributed by atoms with Crippen molar-refractivity contribution in [2.24, 2.45) is 0 Å². The molecule has 0 aromatic carbocycles. The van der Waals surface area contributed by atoms with Crippen molar-refractivity contribution in [3.05, 3.63) is 12.3 Å². The molecule has 0 N–H and O–H groups in total. The molecule has 0 bridgehead atoms. The highest BCUT2D eigenvalue weighted by Gasteiger charge is 2.09. The molecule has 0 aliphatic carbocycles. The fourth-order valence-electron chi connectivity index (χ4n) is 5.17. The maximum atomic E-state index is 6.20. The fraction of sp³-hybridized carbons (Fsp3) is 0.944. The Bertz CT molecular complexity index is 450. The van der Waals surface area contributed by atoms with E-state index in [1.807, 2.05) is 0 Å². The molecule has 0 radical (unpaired) electrons. The van der Waals surface area contributed by atoms with E-state index in [2.05, 4.69) is 19.9 Å². The minimum absolute atomic E-state index is 0.0256.